The molecule has 0 unspecified atom stereocenters. The monoisotopic (exact) mass is 177 g/mol. The van der Waals surface area contributed by atoms with Crippen LogP contribution in [0.5, 0.6) is 5.75 Å². The third-order valence-corrected chi connectivity index (χ3v) is 1.67. The van der Waals surface area contributed by atoms with Crippen molar-refractivity contribution in [2.24, 2.45) is 0 Å². The van der Waals surface area contributed by atoms with Gasteiger partial charge in [0.25, 0.3) is 0 Å². The van der Waals surface area contributed by atoms with Crippen LogP contribution in [0.25, 0.3) is 0 Å². The van der Waals surface area contributed by atoms with Crippen LogP contribution < -0.4 is 0 Å². The van der Waals surface area contributed by atoms with Crippen molar-refractivity contribution >= 4 is 23.2 Å². The Labute approximate surface area is 68.4 Å². The molecule has 0 bridgehead atoms. The Balaban J connectivity index is 3.14. The standard InChI is InChI=1S/C6H5Cl2NO/c7-3-4-1-2-9-6(8)5(4)10/h1-2,10H,3H2. The number of hydrogen-bond acceptors (Lipinski definition) is 2. The number of rotatable bonds is 1. The molecule has 0 radical (unpaired) electrons. The van der Waals surface area contributed by atoms with Gasteiger partial charge < -0.3 is 5.11 Å². The zero-order valence-corrected chi connectivity index (χ0v) is 6.52. The van der Waals surface area contributed by atoms with Crippen LogP contribution >= 0.6 is 23.2 Å². The highest BCUT2D eigenvalue weighted by Crippen LogP contribution is 2.25. The van der Waals surface area contributed by atoms with Crippen LogP contribution in [-0.4, -0.2) is 10.1 Å². The third kappa shape index (κ3) is 1.33. The molecule has 0 atom stereocenters. The number of nitrogens with zero attached hydrogens (tertiary/aromatic N) is 1. The predicted octanol–water partition coefficient (Wildman–Crippen LogP) is 2.18. The minimum absolute atomic E-state index is 0.0285. The van der Waals surface area contributed by atoms with Gasteiger partial charge in [0.15, 0.2) is 10.9 Å². The normalized spacial score (nSPS) is 9.80. The lowest BCUT2D eigenvalue weighted by Crippen LogP contribution is -1.82. The Bertz CT molecular complexity index is 239. The molecule has 0 spiro atoms. The van der Waals surface area contributed by atoms with E-state index in [2.05, 4.69) is 4.98 Å². The van der Waals surface area contributed by atoms with Gasteiger partial charge in [-0.2, -0.15) is 0 Å². The molecule has 1 aromatic heterocycles. The van der Waals surface area contributed by atoms with Crippen LogP contribution in [0.1, 0.15) is 5.56 Å². The van der Waals surface area contributed by atoms with Gasteiger partial charge in [-0.3, -0.25) is 0 Å². The second kappa shape index (κ2) is 3.08. The molecular formula is C6H5Cl2NO. The van der Waals surface area contributed by atoms with Crippen LogP contribution in [0.15, 0.2) is 12.3 Å². The van der Waals surface area contributed by atoms with Crippen molar-refractivity contribution in [3.8, 4) is 5.75 Å². The van der Waals surface area contributed by atoms with Crippen LogP contribution in [0, 0.1) is 0 Å². The van der Waals surface area contributed by atoms with Crippen molar-refractivity contribution in [2.45, 2.75) is 5.88 Å². The average Bonchev–Trinajstić information content (AvgIpc) is 1.95. The molecule has 2 nitrogen and oxygen atoms in total. The number of halogens is 2. The second-order valence-corrected chi connectivity index (χ2v) is 2.37. The Hall–Kier alpha value is -0.470. The van der Waals surface area contributed by atoms with Crippen molar-refractivity contribution in [3.05, 3.63) is 23.0 Å². The fraction of sp³-hybridized carbons (Fsp3) is 0.167. The van der Waals surface area contributed by atoms with E-state index >= 15 is 0 Å². The largest absolute Gasteiger partial charge is 0.504 e. The highest BCUT2D eigenvalue weighted by atomic mass is 35.5. The number of aromatic nitrogens is 1. The van der Waals surface area contributed by atoms with E-state index in [1.54, 1.807) is 6.07 Å². The zero-order valence-electron chi connectivity index (χ0n) is 5.01. The Morgan fingerprint density at radius 1 is 1.60 bits per heavy atom. The summed E-state index contributed by atoms with van der Waals surface area (Å²) < 4.78 is 0. The van der Waals surface area contributed by atoms with Gasteiger partial charge in [0.05, 0.1) is 5.88 Å². The van der Waals surface area contributed by atoms with Crippen LogP contribution in [-0.2, 0) is 5.88 Å². The van der Waals surface area contributed by atoms with Crippen molar-refractivity contribution in [1.82, 2.24) is 4.98 Å². The van der Waals surface area contributed by atoms with Crippen LogP contribution in [0.2, 0.25) is 5.15 Å². The number of pyridine rings is 1. The average molecular weight is 178 g/mol. The molecule has 0 fully saturated rings. The summed E-state index contributed by atoms with van der Waals surface area (Å²) in [5.74, 6) is 0.216. The molecule has 0 amide bonds. The van der Waals surface area contributed by atoms with E-state index in [1.165, 1.54) is 6.20 Å². The summed E-state index contributed by atoms with van der Waals surface area (Å²) in [6, 6.07) is 1.62. The SMILES string of the molecule is Oc1c(CCl)ccnc1Cl. The van der Waals surface area contributed by atoms with Gasteiger partial charge in [0.1, 0.15) is 0 Å². The summed E-state index contributed by atoms with van der Waals surface area (Å²) in [5, 5.41) is 9.21. The summed E-state index contributed by atoms with van der Waals surface area (Å²) >= 11 is 10.9. The highest BCUT2D eigenvalue weighted by Gasteiger charge is 2.03. The minimum Gasteiger partial charge on any atom is -0.504 e. The number of alkyl halides is 1. The first-order chi connectivity index (χ1) is 4.75. The molecule has 4 heteroatoms. The maximum Gasteiger partial charge on any atom is 0.171 e. The summed E-state index contributed by atoms with van der Waals surface area (Å²) in [6.45, 7) is 0. The fourth-order valence-electron chi connectivity index (χ4n) is 0.573. The molecule has 0 aromatic carbocycles. The third-order valence-electron chi connectivity index (χ3n) is 1.11. The first-order valence-electron chi connectivity index (χ1n) is 2.64. The van der Waals surface area contributed by atoms with E-state index in [-0.39, 0.29) is 16.8 Å². The highest BCUT2D eigenvalue weighted by molar-refractivity contribution is 6.31. The quantitative estimate of drug-likeness (QED) is 0.528. The molecule has 0 aliphatic heterocycles. The van der Waals surface area contributed by atoms with E-state index in [9.17, 15) is 0 Å². The van der Waals surface area contributed by atoms with Crippen molar-refractivity contribution < 1.29 is 5.11 Å². The molecule has 1 heterocycles. The van der Waals surface area contributed by atoms with E-state index in [0.717, 1.165) is 0 Å². The molecule has 0 saturated carbocycles. The summed E-state index contributed by atoms with van der Waals surface area (Å²) in [5.41, 5.74) is 0.599. The van der Waals surface area contributed by atoms with Gasteiger partial charge >= 0.3 is 0 Å². The molecule has 0 saturated heterocycles. The number of aromatic hydroxyl groups is 1. The minimum atomic E-state index is -0.0285. The molecule has 54 valence electrons. The van der Waals surface area contributed by atoms with Gasteiger partial charge in [-0.05, 0) is 6.07 Å². The van der Waals surface area contributed by atoms with E-state index in [4.69, 9.17) is 28.3 Å². The maximum atomic E-state index is 9.12. The lowest BCUT2D eigenvalue weighted by molar-refractivity contribution is 0.468. The molecule has 1 rings (SSSR count). The van der Waals surface area contributed by atoms with Crippen molar-refractivity contribution in [2.75, 3.05) is 0 Å². The van der Waals surface area contributed by atoms with Gasteiger partial charge in [-0.15, -0.1) is 11.6 Å². The summed E-state index contributed by atoms with van der Waals surface area (Å²) in [6.07, 6.45) is 1.50. The molecular weight excluding hydrogens is 173 g/mol. The number of hydrogen-bond donors (Lipinski definition) is 1. The maximum absolute atomic E-state index is 9.12. The van der Waals surface area contributed by atoms with E-state index in [1.807, 2.05) is 0 Å². The van der Waals surface area contributed by atoms with Crippen LogP contribution in [0.3, 0.4) is 0 Å². The van der Waals surface area contributed by atoms with E-state index in [0.29, 0.717) is 5.56 Å². The van der Waals surface area contributed by atoms with Gasteiger partial charge in [0, 0.05) is 11.8 Å². The van der Waals surface area contributed by atoms with Gasteiger partial charge in [0.2, 0.25) is 0 Å². The lowest BCUT2D eigenvalue weighted by Gasteiger charge is -1.98. The molecule has 1 N–H and O–H groups in total. The van der Waals surface area contributed by atoms with Crippen molar-refractivity contribution in [3.63, 3.8) is 0 Å². The summed E-state index contributed by atoms with van der Waals surface area (Å²) in [7, 11) is 0. The molecule has 1 aromatic rings. The Kier molecular flexibility index (Phi) is 2.35. The topological polar surface area (TPSA) is 33.1 Å². The van der Waals surface area contributed by atoms with Gasteiger partial charge in [-0.25, -0.2) is 4.98 Å². The Morgan fingerprint density at radius 2 is 2.30 bits per heavy atom. The first-order valence-corrected chi connectivity index (χ1v) is 3.55. The Morgan fingerprint density at radius 3 is 2.80 bits per heavy atom. The fourth-order valence-corrected chi connectivity index (χ4v) is 0.966. The van der Waals surface area contributed by atoms with Crippen molar-refractivity contribution in [1.29, 1.82) is 0 Å². The molecule has 10 heavy (non-hydrogen) atoms. The molecule has 0 aliphatic carbocycles. The zero-order chi connectivity index (χ0) is 7.56. The second-order valence-electron chi connectivity index (χ2n) is 1.74. The lowest BCUT2D eigenvalue weighted by atomic mass is 10.3. The first kappa shape index (κ1) is 7.63. The van der Waals surface area contributed by atoms with Gasteiger partial charge in [-0.1, -0.05) is 11.6 Å². The predicted molar refractivity (Wildman–Crippen MR) is 40.5 cm³/mol. The smallest absolute Gasteiger partial charge is 0.171 e. The molecule has 0 aliphatic rings. The van der Waals surface area contributed by atoms with E-state index < -0.39 is 0 Å². The summed E-state index contributed by atoms with van der Waals surface area (Å²) in [4.78, 5) is 3.64. The van der Waals surface area contributed by atoms with Crippen LogP contribution in [0.4, 0.5) is 0 Å².